The van der Waals surface area contributed by atoms with Gasteiger partial charge in [-0.2, -0.15) is 0 Å². The molecule has 0 aliphatic rings. The van der Waals surface area contributed by atoms with Gasteiger partial charge in [0.05, 0.1) is 0 Å². The van der Waals surface area contributed by atoms with E-state index in [1.165, 1.54) is 0 Å². The fraction of sp³-hybridized carbons (Fsp3) is 0.909. The van der Waals surface area contributed by atoms with E-state index in [0.717, 1.165) is 12.8 Å². The standard InChI is InChI=1S/C11H23NO2/c1-4-10(5-2)9(3)12-11(14)7-6-8-13/h9-10,13H,4-8H2,1-3H3,(H,12,14). The number of nitrogens with one attached hydrogen (secondary N) is 1. The summed E-state index contributed by atoms with van der Waals surface area (Å²) in [6.07, 6.45) is 3.18. The average molecular weight is 201 g/mol. The van der Waals surface area contributed by atoms with E-state index in [2.05, 4.69) is 26.1 Å². The van der Waals surface area contributed by atoms with Gasteiger partial charge in [0.2, 0.25) is 5.91 Å². The lowest BCUT2D eigenvalue weighted by molar-refractivity contribution is -0.122. The van der Waals surface area contributed by atoms with Gasteiger partial charge in [0.1, 0.15) is 0 Å². The molecular formula is C11H23NO2. The zero-order valence-electron chi connectivity index (χ0n) is 9.55. The largest absolute Gasteiger partial charge is 0.396 e. The van der Waals surface area contributed by atoms with Crippen LogP contribution in [0.25, 0.3) is 0 Å². The van der Waals surface area contributed by atoms with Gasteiger partial charge in [0.25, 0.3) is 0 Å². The van der Waals surface area contributed by atoms with E-state index < -0.39 is 0 Å². The van der Waals surface area contributed by atoms with Gasteiger partial charge in [-0.1, -0.05) is 26.7 Å². The molecular weight excluding hydrogens is 178 g/mol. The van der Waals surface area contributed by atoms with Gasteiger partial charge in [-0.3, -0.25) is 4.79 Å². The van der Waals surface area contributed by atoms with Crippen molar-refractivity contribution in [3.63, 3.8) is 0 Å². The topological polar surface area (TPSA) is 49.3 Å². The van der Waals surface area contributed by atoms with Crippen molar-refractivity contribution in [3.8, 4) is 0 Å². The molecule has 14 heavy (non-hydrogen) atoms. The van der Waals surface area contributed by atoms with Crippen LogP contribution in [0.3, 0.4) is 0 Å². The molecule has 0 heterocycles. The van der Waals surface area contributed by atoms with Crippen molar-refractivity contribution >= 4 is 5.91 Å². The first-order chi connectivity index (χ1) is 6.65. The third kappa shape index (κ3) is 5.22. The Labute approximate surface area is 86.9 Å². The van der Waals surface area contributed by atoms with Crippen LogP contribution in [0.4, 0.5) is 0 Å². The third-order valence-electron chi connectivity index (χ3n) is 2.71. The monoisotopic (exact) mass is 201 g/mol. The minimum atomic E-state index is 0.0541. The lowest BCUT2D eigenvalue weighted by atomic mass is 9.95. The molecule has 0 saturated carbocycles. The van der Waals surface area contributed by atoms with Gasteiger partial charge >= 0.3 is 0 Å². The smallest absolute Gasteiger partial charge is 0.220 e. The lowest BCUT2D eigenvalue weighted by Gasteiger charge is -2.22. The minimum absolute atomic E-state index is 0.0541. The van der Waals surface area contributed by atoms with Crippen molar-refractivity contribution < 1.29 is 9.90 Å². The van der Waals surface area contributed by atoms with Crippen molar-refractivity contribution in [2.24, 2.45) is 5.92 Å². The zero-order chi connectivity index (χ0) is 11.0. The van der Waals surface area contributed by atoms with E-state index in [-0.39, 0.29) is 18.6 Å². The molecule has 3 nitrogen and oxygen atoms in total. The molecule has 3 heteroatoms. The predicted molar refractivity (Wildman–Crippen MR) is 58.0 cm³/mol. The van der Waals surface area contributed by atoms with Crippen LogP contribution in [0.2, 0.25) is 0 Å². The normalized spacial score (nSPS) is 12.9. The van der Waals surface area contributed by atoms with Crippen LogP contribution in [0.1, 0.15) is 46.5 Å². The minimum Gasteiger partial charge on any atom is -0.396 e. The van der Waals surface area contributed by atoms with E-state index in [0.29, 0.717) is 18.8 Å². The number of rotatable bonds is 7. The molecule has 0 aromatic rings. The van der Waals surface area contributed by atoms with Gasteiger partial charge in [0, 0.05) is 19.1 Å². The summed E-state index contributed by atoms with van der Waals surface area (Å²) >= 11 is 0. The van der Waals surface area contributed by atoms with Crippen molar-refractivity contribution in [2.45, 2.75) is 52.5 Å². The molecule has 0 aromatic heterocycles. The highest BCUT2D eigenvalue weighted by molar-refractivity contribution is 5.76. The number of amides is 1. The van der Waals surface area contributed by atoms with Crippen molar-refractivity contribution in [2.75, 3.05) is 6.61 Å². The average Bonchev–Trinajstić information content (AvgIpc) is 2.16. The van der Waals surface area contributed by atoms with Crippen LogP contribution in [0.15, 0.2) is 0 Å². The van der Waals surface area contributed by atoms with E-state index in [4.69, 9.17) is 5.11 Å². The van der Waals surface area contributed by atoms with E-state index in [9.17, 15) is 4.79 Å². The Hall–Kier alpha value is -0.570. The molecule has 0 aliphatic heterocycles. The molecule has 0 aliphatic carbocycles. The van der Waals surface area contributed by atoms with Crippen LogP contribution < -0.4 is 5.32 Å². The summed E-state index contributed by atoms with van der Waals surface area (Å²) in [6.45, 7) is 6.43. The first-order valence-electron chi connectivity index (χ1n) is 5.55. The van der Waals surface area contributed by atoms with Crippen LogP contribution in [0, 0.1) is 5.92 Å². The molecule has 1 atom stereocenters. The molecule has 0 aromatic carbocycles. The molecule has 0 spiro atoms. The Morgan fingerprint density at radius 1 is 1.36 bits per heavy atom. The van der Waals surface area contributed by atoms with Crippen molar-refractivity contribution in [1.29, 1.82) is 0 Å². The summed E-state index contributed by atoms with van der Waals surface area (Å²) < 4.78 is 0. The van der Waals surface area contributed by atoms with Gasteiger partial charge in [0.15, 0.2) is 0 Å². The number of carbonyl (C=O) groups excluding carboxylic acids is 1. The first kappa shape index (κ1) is 13.4. The first-order valence-corrected chi connectivity index (χ1v) is 5.55. The molecule has 0 fully saturated rings. The highest BCUT2D eigenvalue weighted by atomic mass is 16.3. The Morgan fingerprint density at radius 3 is 2.36 bits per heavy atom. The maximum atomic E-state index is 11.3. The quantitative estimate of drug-likeness (QED) is 0.658. The van der Waals surface area contributed by atoms with Gasteiger partial charge in [-0.25, -0.2) is 0 Å². The molecule has 84 valence electrons. The summed E-state index contributed by atoms with van der Waals surface area (Å²) in [5.74, 6) is 0.617. The summed E-state index contributed by atoms with van der Waals surface area (Å²) in [6, 6.07) is 0.246. The second-order valence-corrected chi connectivity index (χ2v) is 3.76. The number of hydrogen-bond donors (Lipinski definition) is 2. The Balaban J connectivity index is 3.79. The Kier molecular flexibility index (Phi) is 7.48. The third-order valence-corrected chi connectivity index (χ3v) is 2.71. The summed E-state index contributed by atoms with van der Waals surface area (Å²) in [5, 5.41) is 11.5. The summed E-state index contributed by atoms with van der Waals surface area (Å²) in [5.41, 5.74) is 0. The van der Waals surface area contributed by atoms with E-state index >= 15 is 0 Å². The maximum absolute atomic E-state index is 11.3. The highest BCUT2D eigenvalue weighted by Crippen LogP contribution is 2.12. The predicted octanol–water partition coefficient (Wildman–Crippen LogP) is 1.70. The summed E-state index contributed by atoms with van der Waals surface area (Å²) in [4.78, 5) is 11.3. The molecule has 1 unspecified atom stereocenters. The highest BCUT2D eigenvalue weighted by Gasteiger charge is 2.14. The fourth-order valence-electron chi connectivity index (χ4n) is 1.68. The molecule has 1 amide bonds. The van der Waals surface area contributed by atoms with Crippen LogP contribution in [-0.2, 0) is 4.79 Å². The van der Waals surface area contributed by atoms with Crippen molar-refractivity contribution in [1.82, 2.24) is 5.32 Å². The Bertz CT molecular complexity index is 155. The molecule has 2 N–H and O–H groups in total. The second-order valence-electron chi connectivity index (χ2n) is 3.76. The van der Waals surface area contributed by atoms with Gasteiger partial charge in [-0.15, -0.1) is 0 Å². The Morgan fingerprint density at radius 2 is 1.93 bits per heavy atom. The van der Waals surface area contributed by atoms with Gasteiger partial charge in [-0.05, 0) is 19.3 Å². The second kappa shape index (κ2) is 7.80. The van der Waals surface area contributed by atoms with E-state index in [1.807, 2.05) is 0 Å². The van der Waals surface area contributed by atoms with Crippen LogP contribution in [0.5, 0.6) is 0 Å². The lowest BCUT2D eigenvalue weighted by Crippen LogP contribution is -2.37. The molecule has 0 saturated heterocycles. The zero-order valence-corrected chi connectivity index (χ0v) is 9.55. The number of aliphatic hydroxyl groups is 1. The molecule has 0 rings (SSSR count). The number of hydrogen-bond acceptors (Lipinski definition) is 2. The van der Waals surface area contributed by atoms with Crippen molar-refractivity contribution in [3.05, 3.63) is 0 Å². The van der Waals surface area contributed by atoms with Gasteiger partial charge < -0.3 is 10.4 Å². The molecule has 0 bridgehead atoms. The van der Waals surface area contributed by atoms with Crippen LogP contribution in [-0.4, -0.2) is 23.7 Å². The summed E-state index contributed by atoms with van der Waals surface area (Å²) in [7, 11) is 0. The number of aliphatic hydroxyl groups excluding tert-OH is 1. The maximum Gasteiger partial charge on any atom is 0.220 e. The molecule has 0 radical (unpaired) electrons. The van der Waals surface area contributed by atoms with Crippen LogP contribution >= 0.6 is 0 Å². The van der Waals surface area contributed by atoms with E-state index in [1.54, 1.807) is 0 Å². The number of carbonyl (C=O) groups is 1. The fourth-order valence-corrected chi connectivity index (χ4v) is 1.68. The SMILES string of the molecule is CCC(CC)C(C)NC(=O)CCCO.